The third-order valence-corrected chi connectivity index (χ3v) is 1.22. The lowest BCUT2D eigenvalue weighted by Gasteiger charge is -2.04. The Morgan fingerprint density at radius 2 is 2.40 bits per heavy atom. The maximum absolute atomic E-state index is 10.4. The quantitative estimate of drug-likeness (QED) is 0.547. The minimum Gasteiger partial charge on any atom is -0.381 e. The summed E-state index contributed by atoms with van der Waals surface area (Å²) in [4.78, 5) is 14.2. The van der Waals surface area contributed by atoms with E-state index in [4.69, 9.17) is 5.11 Å². The van der Waals surface area contributed by atoms with Crippen LogP contribution in [-0.2, 0) is 9.63 Å². The zero-order chi connectivity index (χ0) is 7.98. The van der Waals surface area contributed by atoms with Gasteiger partial charge in [0.15, 0.2) is 6.10 Å². The number of hydrogen-bond acceptors (Lipinski definition) is 4. The second-order valence-electron chi connectivity index (χ2n) is 2.09. The van der Waals surface area contributed by atoms with Crippen LogP contribution in [0.3, 0.4) is 0 Å². The van der Waals surface area contributed by atoms with E-state index >= 15 is 0 Å². The first-order valence-electron chi connectivity index (χ1n) is 3.31. The van der Waals surface area contributed by atoms with E-state index < -0.39 is 12.1 Å². The van der Waals surface area contributed by atoms with Gasteiger partial charge in [-0.2, -0.15) is 5.90 Å². The summed E-state index contributed by atoms with van der Waals surface area (Å²) in [6.07, 6.45) is 1.11. The minimum atomic E-state index is -1.05. The molecule has 0 heterocycles. The van der Waals surface area contributed by atoms with Crippen molar-refractivity contribution < 1.29 is 14.7 Å². The lowest BCUT2D eigenvalue weighted by molar-refractivity contribution is -0.154. The van der Waals surface area contributed by atoms with Crippen molar-refractivity contribution in [2.24, 2.45) is 5.90 Å². The summed E-state index contributed by atoms with van der Waals surface area (Å²) in [7, 11) is 0. The first-order chi connectivity index (χ1) is 4.72. The highest BCUT2D eigenvalue weighted by Gasteiger charge is 2.13. The maximum Gasteiger partial charge on any atom is 0.353 e. The fourth-order valence-electron chi connectivity index (χ4n) is 0.594. The van der Waals surface area contributed by atoms with Gasteiger partial charge in [-0.25, -0.2) is 4.79 Å². The van der Waals surface area contributed by atoms with E-state index in [1.165, 1.54) is 0 Å². The molecule has 0 saturated heterocycles. The topological polar surface area (TPSA) is 72.5 Å². The van der Waals surface area contributed by atoms with Gasteiger partial charge in [0, 0.05) is 0 Å². The number of aliphatic hydroxyl groups is 1. The molecule has 60 valence electrons. The highest BCUT2D eigenvalue weighted by Crippen LogP contribution is 2.00. The molecule has 4 heteroatoms. The second-order valence-corrected chi connectivity index (χ2v) is 2.09. The average molecular weight is 147 g/mol. The van der Waals surface area contributed by atoms with E-state index in [1.54, 1.807) is 0 Å². The number of carbonyl (C=O) groups excluding carboxylic acids is 1. The molecule has 4 nitrogen and oxygen atoms in total. The van der Waals surface area contributed by atoms with Gasteiger partial charge in [-0.3, -0.25) is 0 Å². The normalized spacial score (nSPS) is 12.7. The van der Waals surface area contributed by atoms with Crippen molar-refractivity contribution in [2.45, 2.75) is 32.3 Å². The van der Waals surface area contributed by atoms with Crippen molar-refractivity contribution in [1.82, 2.24) is 0 Å². The monoisotopic (exact) mass is 147 g/mol. The molecule has 1 unspecified atom stereocenters. The Kier molecular flexibility index (Phi) is 4.88. The van der Waals surface area contributed by atoms with E-state index in [2.05, 4.69) is 10.7 Å². The van der Waals surface area contributed by atoms with Crippen molar-refractivity contribution in [3.8, 4) is 0 Å². The van der Waals surface area contributed by atoms with Crippen LogP contribution < -0.4 is 5.90 Å². The van der Waals surface area contributed by atoms with Gasteiger partial charge in [0.05, 0.1) is 0 Å². The molecule has 0 aromatic carbocycles. The van der Waals surface area contributed by atoms with Gasteiger partial charge < -0.3 is 9.94 Å². The van der Waals surface area contributed by atoms with Crippen molar-refractivity contribution in [1.29, 1.82) is 0 Å². The Hall–Kier alpha value is -0.610. The van der Waals surface area contributed by atoms with E-state index in [0.717, 1.165) is 12.8 Å². The van der Waals surface area contributed by atoms with Crippen LogP contribution in [0.1, 0.15) is 26.2 Å². The molecule has 1 atom stereocenters. The van der Waals surface area contributed by atoms with Crippen molar-refractivity contribution >= 4 is 5.97 Å². The smallest absolute Gasteiger partial charge is 0.353 e. The van der Waals surface area contributed by atoms with Crippen LogP contribution >= 0.6 is 0 Å². The SMILES string of the molecule is CCCCC(O)C(=O)ON. The van der Waals surface area contributed by atoms with Crippen molar-refractivity contribution in [3.63, 3.8) is 0 Å². The predicted octanol–water partition coefficient (Wildman–Crippen LogP) is -0.0456. The lowest BCUT2D eigenvalue weighted by Crippen LogP contribution is -2.25. The summed E-state index contributed by atoms with van der Waals surface area (Å²) in [6.45, 7) is 1.97. The van der Waals surface area contributed by atoms with E-state index in [-0.39, 0.29) is 0 Å². The lowest BCUT2D eigenvalue weighted by atomic mass is 10.2. The van der Waals surface area contributed by atoms with Gasteiger partial charge in [0.25, 0.3) is 0 Å². The van der Waals surface area contributed by atoms with E-state index in [9.17, 15) is 4.79 Å². The van der Waals surface area contributed by atoms with Gasteiger partial charge in [-0.1, -0.05) is 19.8 Å². The summed E-state index contributed by atoms with van der Waals surface area (Å²) in [5, 5.41) is 8.89. The Labute approximate surface area is 59.9 Å². The number of aliphatic hydroxyl groups excluding tert-OH is 1. The molecule has 10 heavy (non-hydrogen) atoms. The number of unbranched alkanes of at least 4 members (excludes halogenated alkanes) is 1. The molecule has 0 rings (SSSR count). The van der Waals surface area contributed by atoms with Gasteiger partial charge in [-0.15, -0.1) is 0 Å². The molecule has 0 bridgehead atoms. The second kappa shape index (κ2) is 5.20. The molecular formula is C6H13NO3. The molecule has 0 aliphatic carbocycles. The Balaban J connectivity index is 3.41. The maximum atomic E-state index is 10.4. The highest BCUT2D eigenvalue weighted by atomic mass is 16.7. The molecule has 0 amide bonds. The first-order valence-corrected chi connectivity index (χ1v) is 3.31. The van der Waals surface area contributed by atoms with Crippen LogP contribution in [0.4, 0.5) is 0 Å². The molecule has 0 aliphatic heterocycles. The average Bonchev–Trinajstić information content (AvgIpc) is 1.98. The van der Waals surface area contributed by atoms with Crippen LogP contribution in [0.15, 0.2) is 0 Å². The molecule has 0 aromatic rings. The third kappa shape index (κ3) is 3.42. The van der Waals surface area contributed by atoms with Gasteiger partial charge >= 0.3 is 5.97 Å². The largest absolute Gasteiger partial charge is 0.381 e. The summed E-state index contributed by atoms with van der Waals surface area (Å²) in [6, 6.07) is 0. The molecule has 0 radical (unpaired) electrons. The van der Waals surface area contributed by atoms with Gasteiger partial charge in [0.1, 0.15) is 0 Å². The van der Waals surface area contributed by atoms with Crippen LogP contribution in [-0.4, -0.2) is 17.2 Å². The summed E-state index contributed by atoms with van der Waals surface area (Å²) >= 11 is 0. The zero-order valence-electron chi connectivity index (χ0n) is 6.04. The predicted molar refractivity (Wildman–Crippen MR) is 35.8 cm³/mol. The fourth-order valence-corrected chi connectivity index (χ4v) is 0.594. The highest BCUT2D eigenvalue weighted by molar-refractivity contribution is 5.73. The van der Waals surface area contributed by atoms with E-state index in [1.807, 2.05) is 6.92 Å². The summed E-state index contributed by atoms with van der Waals surface area (Å²) < 4.78 is 0. The number of carbonyl (C=O) groups is 1. The summed E-state index contributed by atoms with van der Waals surface area (Å²) in [5.41, 5.74) is 0. The number of hydrogen-bond donors (Lipinski definition) is 2. The Morgan fingerprint density at radius 1 is 1.80 bits per heavy atom. The number of rotatable bonds is 4. The molecule has 0 aromatic heterocycles. The van der Waals surface area contributed by atoms with Crippen LogP contribution in [0, 0.1) is 0 Å². The molecular weight excluding hydrogens is 134 g/mol. The zero-order valence-corrected chi connectivity index (χ0v) is 6.04. The third-order valence-electron chi connectivity index (χ3n) is 1.22. The standard InChI is InChI=1S/C6H13NO3/c1-2-3-4-5(8)6(9)10-7/h5,8H,2-4,7H2,1H3. The number of nitrogens with two attached hydrogens (primary N) is 1. The van der Waals surface area contributed by atoms with Crippen LogP contribution in [0.2, 0.25) is 0 Å². The van der Waals surface area contributed by atoms with Crippen molar-refractivity contribution in [3.05, 3.63) is 0 Å². The molecule has 0 spiro atoms. The van der Waals surface area contributed by atoms with Gasteiger partial charge in [-0.05, 0) is 6.42 Å². The van der Waals surface area contributed by atoms with Gasteiger partial charge in [0.2, 0.25) is 0 Å². The molecule has 0 aliphatic rings. The van der Waals surface area contributed by atoms with Crippen LogP contribution in [0.25, 0.3) is 0 Å². The molecule has 0 fully saturated rings. The summed E-state index contributed by atoms with van der Waals surface area (Å²) in [5.74, 6) is 3.78. The Morgan fingerprint density at radius 3 is 2.80 bits per heavy atom. The first kappa shape index (κ1) is 9.39. The van der Waals surface area contributed by atoms with Crippen molar-refractivity contribution in [2.75, 3.05) is 0 Å². The Bertz CT molecular complexity index is 105. The molecule has 3 N–H and O–H groups in total. The van der Waals surface area contributed by atoms with E-state index in [0.29, 0.717) is 6.42 Å². The van der Waals surface area contributed by atoms with Crippen LogP contribution in [0.5, 0.6) is 0 Å². The fraction of sp³-hybridized carbons (Fsp3) is 0.833. The minimum absolute atomic E-state index is 0.423. The molecule has 0 saturated carbocycles.